The third kappa shape index (κ3) is 6.02. The van der Waals surface area contributed by atoms with Crippen molar-refractivity contribution >= 4 is 39.1 Å². The molecule has 0 saturated heterocycles. The third-order valence-corrected chi connectivity index (χ3v) is 6.95. The van der Waals surface area contributed by atoms with Crippen LogP contribution >= 0.6 is 11.8 Å². The molecule has 0 heterocycles. The first-order valence-corrected chi connectivity index (χ1v) is 11.9. The highest BCUT2D eigenvalue weighted by atomic mass is 32.2. The monoisotopic (exact) mass is 456 g/mol. The summed E-state index contributed by atoms with van der Waals surface area (Å²) in [5, 5.41) is 2.52. The number of aryl methyl sites for hydroxylation is 1. The largest absolute Gasteiger partial charge is 0.495 e. The molecule has 2 N–H and O–H groups in total. The summed E-state index contributed by atoms with van der Waals surface area (Å²) >= 11 is 1.45. The minimum atomic E-state index is -3.81. The van der Waals surface area contributed by atoms with Crippen LogP contribution in [0, 0.1) is 6.92 Å². The summed E-state index contributed by atoms with van der Waals surface area (Å²) in [5.74, 6) is 0.273. The first-order valence-electron chi connectivity index (χ1n) is 9.58. The molecule has 1 atom stereocenters. The number of benzene rings is 3. The van der Waals surface area contributed by atoms with E-state index < -0.39 is 10.0 Å². The maximum atomic E-state index is 12.8. The quantitative estimate of drug-likeness (QED) is 0.470. The fourth-order valence-corrected chi connectivity index (χ4v) is 4.77. The molecule has 0 fully saturated rings. The number of ether oxygens (including phenoxy) is 1. The number of hydrogen-bond donors (Lipinski definition) is 2. The van der Waals surface area contributed by atoms with Crippen molar-refractivity contribution in [3.8, 4) is 5.75 Å². The lowest BCUT2D eigenvalue weighted by Gasteiger charge is -2.14. The van der Waals surface area contributed by atoms with Crippen LogP contribution < -0.4 is 14.8 Å². The van der Waals surface area contributed by atoms with Crippen LogP contribution in [-0.4, -0.2) is 26.7 Å². The average molecular weight is 457 g/mol. The van der Waals surface area contributed by atoms with Crippen molar-refractivity contribution in [3.05, 3.63) is 78.4 Å². The van der Waals surface area contributed by atoms with E-state index >= 15 is 0 Å². The van der Waals surface area contributed by atoms with Gasteiger partial charge in [0.15, 0.2) is 0 Å². The van der Waals surface area contributed by atoms with Crippen molar-refractivity contribution in [2.45, 2.75) is 28.9 Å². The highest BCUT2D eigenvalue weighted by Gasteiger charge is 2.18. The SMILES string of the molecule is COc1ccc(C)cc1NS(=O)(=O)c1ccc(NC(=O)[C@@H](C)Sc2ccccc2)cc1. The first kappa shape index (κ1) is 22.7. The van der Waals surface area contributed by atoms with E-state index in [1.165, 1.54) is 31.0 Å². The molecule has 8 heteroatoms. The van der Waals surface area contributed by atoms with E-state index in [2.05, 4.69) is 10.0 Å². The number of carbonyl (C=O) groups is 1. The van der Waals surface area contributed by atoms with Gasteiger partial charge < -0.3 is 10.1 Å². The molecule has 6 nitrogen and oxygen atoms in total. The summed E-state index contributed by atoms with van der Waals surface area (Å²) < 4.78 is 33.3. The molecule has 3 aromatic carbocycles. The minimum absolute atomic E-state index is 0.0840. The second-order valence-electron chi connectivity index (χ2n) is 6.90. The molecule has 1 amide bonds. The number of hydrogen-bond acceptors (Lipinski definition) is 5. The molecule has 162 valence electrons. The van der Waals surface area contributed by atoms with Crippen LogP contribution in [0.25, 0.3) is 0 Å². The second-order valence-corrected chi connectivity index (χ2v) is 9.99. The molecule has 0 unspecified atom stereocenters. The van der Waals surface area contributed by atoms with Crippen LogP contribution in [0.3, 0.4) is 0 Å². The standard InChI is InChI=1S/C23H24N2O4S2/c1-16-9-14-22(29-3)21(15-16)25-31(27,28)20-12-10-18(11-13-20)24-23(26)17(2)30-19-7-5-4-6-8-19/h4-15,17,25H,1-3H3,(H,24,26)/t17-/m1/s1. The highest BCUT2D eigenvalue weighted by Crippen LogP contribution is 2.28. The van der Waals surface area contributed by atoms with Crippen molar-refractivity contribution in [1.29, 1.82) is 0 Å². The highest BCUT2D eigenvalue weighted by molar-refractivity contribution is 8.00. The summed E-state index contributed by atoms with van der Waals surface area (Å²) in [6.45, 7) is 3.69. The summed E-state index contributed by atoms with van der Waals surface area (Å²) in [4.78, 5) is 13.6. The Balaban J connectivity index is 1.68. The summed E-state index contributed by atoms with van der Waals surface area (Å²) in [6, 6.07) is 21.0. The van der Waals surface area contributed by atoms with Gasteiger partial charge in [0.1, 0.15) is 5.75 Å². The molecule has 0 saturated carbocycles. The number of nitrogens with one attached hydrogen (secondary N) is 2. The Morgan fingerprint density at radius 1 is 1.00 bits per heavy atom. The number of amides is 1. The van der Waals surface area contributed by atoms with Gasteiger partial charge in [-0.2, -0.15) is 0 Å². The van der Waals surface area contributed by atoms with Gasteiger partial charge in [-0.15, -0.1) is 11.8 Å². The Kier molecular flexibility index (Phi) is 7.25. The Morgan fingerprint density at radius 2 is 1.68 bits per heavy atom. The number of anilines is 2. The Hall–Kier alpha value is -2.97. The van der Waals surface area contributed by atoms with Crippen LogP contribution in [0.4, 0.5) is 11.4 Å². The summed E-state index contributed by atoms with van der Waals surface area (Å²) in [5.41, 5.74) is 1.79. The smallest absolute Gasteiger partial charge is 0.262 e. The molecule has 31 heavy (non-hydrogen) atoms. The Labute approximate surface area is 187 Å². The Morgan fingerprint density at radius 3 is 2.32 bits per heavy atom. The molecular weight excluding hydrogens is 432 g/mol. The molecular formula is C23H24N2O4S2. The van der Waals surface area contributed by atoms with E-state index in [0.29, 0.717) is 17.1 Å². The van der Waals surface area contributed by atoms with E-state index in [4.69, 9.17) is 4.74 Å². The summed E-state index contributed by atoms with van der Waals surface area (Å²) in [7, 11) is -2.33. The zero-order valence-electron chi connectivity index (χ0n) is 17.5. The van der Waals surface area contributed by atoms with Crippen LogP contribution in [0.15, 0.2) is 82.6 Å². The maximum absolute atomic E-state index is 12.8. The molecule has 0 aliphatic rings. The van der Waals surface area contributed by atoms with Crippen molar-refractivity contribution < 1.29 is 17.9 Å². The van der Waals surface area contributed by atoms with Gasteiger partial charge in [-0.3, -0.25) is 9.52 Å². The van der Waals surface area contributed by atoms with Gasteiger partial charge in [-0.05, 0) is 67.9 Å². The summed E-state index contributed by atoms with van der Waals surface area (Å²) in [6.07, 6.45) is 0. The lowest BCUT2D eigenvalue weighted by atomic mass is 10.2. The maximum Gasteiger partial charge on any atom is 0.262 e. The van der Waals surface area contributed by atoms with Crippen molar-refractivity contribution in [1.82, 2.24) is 0 Å². The van der Waals surface area contributed by atoms with Crippen LogP contribution in [0.1, 0.15) is 12.5 Å². The first-order chi connectivity index (χ1) is 14.8. The van der Waals surface area contributed by atoms with E-state index in [0.717, 1.165) is 10.5 Å². The van der Waals surface area contributed by atoms with Crippen molar-refractivity contribution in [2.75, 3.05) is 17.1 Å². The van der Waals surface area contributed by atoms with Gasteiger partial charge in [0.05, 0.1) is 22.9 Å². The Bertz CT molecular complexity index is 1150. The van der Waals surface area contributed by atoms with E-state index in [9.17, 15) is 13.2 Å². The van der Waals surface area contributed by atoms with Crippen LogP contribution in [0.2, 0.25) is 0 Å². The zero-order valence-corrected chi connectivity index (χ0v) is 19.1. The van der Waals surface area contributed by atoms with Gasteiger partial charge in [0.25, 0.3) is 10.0 Å². The zero-order chi connectivity index (χ0) is 22.4. The topological polar surface area (TPSA) is 84.5 Å². The fourth-order valence-electron chi connectivity index (χ4n) is 2.82. The second kappa shape index (κ2) is 9.89. The molecule has 3 rings (SSSR count). The molecule has 0 aliphatic carbocycles. The average Bonchev–Trinajstić information content (AvgIpc) is 2.74. The number of thioether (sulfide) groups is 1. The van der Waals surface area contributed by atoms with Gasteiger partial charge >= 0.3 is 0 Å². The predicted molar refractivity (Wildman–Crippen MR) is 125 cm³/mol. The predicted octanol–water partition coefficient (Wildman–Crippen LogP) is 4.92. The number of sulfonamides is 1. The number of carbonyl (C=O) groups excluding carboxylic acids is 1. The normalized spacial score (nSPS) is 12.1. The molecule has 0 radical (unpaired) electrons. The molecule has 3 aromatic rings. The molecule has 0 aliphatic heterocycles. The van der Waals surface area contributed by atoms with Gasteiger partial charge in [-0.1, -0.05) is 24.3 Å². The number of rotatable bonds is 8. The molecule has 0 bridgehead atoms. The third-order valence-electron chi connectivity index (χ3n) is 4.46. The number of methoxy groups -OCH3 is 1. The fraction of sp³-hybridized carbons (Fsp3) is 0.174. The van der Waals surface area contributed by atoms with E-state index in [-0.39, 0.29) is 16.1 Å². The lowest BCUT2D eigenvalue weighted by Crippen LogP contribution is -2.22. The lowest BCUT2D eigenvalue weighted by molar-refractivity contribution is -0.115. The van der Waals surface area contributed by atoms with Gasteiger partial charge in [0, 0.05) is 10.6 Å². The van der Waals surface area contributed by atoms with Crippen molar-refractivity contribution in [2.24, 2.45) is 0 Å². The van der Waals surface area contributed by atoms with E-state index in [1.54, 1.807) is 24.3 Å². The molecule has 0 spiro atoms. The van der Waals surface area contributed by atoms with Crippen LogP contribution in [0.5, 0.6) is 5.75 Å². The van der Waals surface area contributed by atoms with Crippen molar-refractivity contribution in [3.63, 3.8) is 0 Å². The molecule has 0 aromatic heterocycles. The van der Waals surface area contributed by atoms with Crippen LogP contribution in [-0.2, 0) is 14.8 Å². The van der Waals surface area contributed by atoms with Gasteiger partial charge in [-0.25, -0.2) is 8.42 Å². The van der Waals surface area contributed by atoms with Gasteiger partial charge in [0.2, 0.25) is 5.91 Å². The van der Waals surface area contributed by atoms with E-state index in [1.807, 2.05) is 50.2 Å². The minimum Gasteiger partial charge on any atom is -0.495 e.